The van der Waals surface area contributed by atoms with Crippen LogP contribution in [0.1, 0.15) is 54.9 Å². The van der Waals surface area contributed by atoms with Gasteiger partial charge in [-0.25, -0.2) is 30.5 Å². The van der Waals surface area contributed by atoms with Gasteiger partial charge in [0.25, 0.3) is 10.0 Å². The Morgan fingerprint density at radius 3 is 2.52 bits per heavy atom. The maximum absolute atomic E-state index is 13.4. The van der Waals surface area contributed by atoms with Crippen molar-refractivity contribution in [1.29, 1.82) is 0 Å². The number of hydrogen-bond acceptors (Lipinski definition) is 9. The molecule has 0 saturated heterocycles. The molecule has 210 valence electrons. The molecule has 0 unspecified atom stereocenters. The molecule has 6 rings (SSSR count). The van der Waals surface area contributed by atoms with Gasteiger partial charge in [-0.05, 0) is 50.8 Å². The summed E-state index contributed by atoms with van der Waals surface area (Å²) in [5.74, 6) is 1.01. The van der Waals surface area contributed by atoms with Gasteiger partial charge in [-0.2, -0.15) is 0 Å². The maximum Gasteiger partial charge on any atom is 0.269 e. The molecule has 0 amide bonds. The molecule has 40 heavy (non-hydrogen) atoms. The van der Waals surface area contributed by atoms with Crippen LogP contribution in [-0.4, -0.2) is 51.6 Å². The number of nitrogens with one attached hydrogen (secondary N) is 1. The van der Waals surface area contributed by atoms with Gasteiger partial charge in [0.2, 0.25) is 10.0 Å². The van der Waals surface area contributed by atoms with Crippen LogP contribution in [0.15, 0.2) is 58.2 Å². The predicted octanol–water partition coefficient (Wildman–Crippen LogP) is 3.31. The number of fused-ring (bicyclic) bond motifs is 3. The van der Waals surface area contributed by atoms with E-state index in [1.165, 1.54) is 16.4 Å². The van der Waals surface area contributed by atoms with Crippen LogP contribution in [0.5, 0.6) is 0 Å². The molecule has 12 nitrogen and oxygen atoms in total. The predicted molar refractivity (Wildman–Crippen MR) is 147 cm³/mol. The summed E-state index contributed by atoms with van der Waals surface area (Å²) in [6.45, 7) is 5.68. The van der Waals surface area contributed by atoms with Gasteiger partial charge in [-0.3, -0.25) is 4.40 Å². The first-order chi connectivity index (χ1) is 19.1. The average molecular weight is 584 g/mol. The van der Waals surface area contributed by atoms with E-state index in [4.69, 9.17) is 4.52 Å². The van der Waals surface area contributed by atoms with E-state index in [0.29, 0.717) is 41.3 Å². The summed E-state index contributed by atoms with van der Waals surface area (Å²) >= 11 is 0. The van der Waals surface area contributed by atoms with Crippen LogP contribution in [0.25, 0.3) is 16.8 Å². The molecule has 4 heterocycles. The summed E-state index contributed by atoms with van der Waals surface area (Å²) in [5, 5.41) is 12.6. The van der Waals surface area contributed by atoms with Crippen LogP contribution >= 0.6 is 0 Å². The zero-order valence-electron chi connectivity index (χ0n) is 22.2. The summed E-state index contributed by atoms with van der Waals surface area (Å²) in [4.78, 5) is 4.58. The van der Waals surface area contributed by atoms with E-state index in [1.807, 2.05) is 11.3 Å². The summed E-state index contributed by atoms with van der Waals surface area (Å²) in [6.07, 6.45) is 4.99. The lowest BCUT2D eigenvalue weighted by molar-refractivity contribution is 0.392. The number of nitrogens with zero attached hydrogens (tertiary/aromatic N) is 6. The highest BCUT2D eigenvalue weighted by Gasteiger charge is 2.39. The van der Waals surface area contributed by atoms with Gasteiger partial charge < -0.3 is 4.52 Å². The summed E-state index contributed by atoms with van der Waals surface area (Å²) in [7, 11) is -7.52. The van der Waals surface area contributed by atoms with Crippen LogP contribution in [0.3, 0.4) is 0 Å². The number of rotatable bonds is 8. The molecule has 1 aliphatic rings. The number of benzene rings is 1. The standard InChI is InChI=1S/C26H29N7O5S2/c1-4-18-12-19(31-39(34,35)15-20-11-17(3)38-30-20)13-22(18)25-29-28-24-14-27-26-23(33(24)25)9-10-32(26)40(36,37)21-7-5-16(2)6-8-21/h5-11,14,18-19,22,31H,4,12-13,15H2,1-3H3/t18-,19+,22+/m1/s1. The fraction of sp³-hybridized carbons (Fsp3) is 0.385. The van der Waals surface area contributed by atoms with Crippen LogP contribution < -0.4 is 4.72 Å². The van der Waals surface area contributed by atoms with Crippen molar-refractivity contribution < 1.29 is 21.4 Å². The van der Waals surface area contributed by atoms with Crippen LogP contribution in [0.2, 0.25) is 0 Å². The third-order valence-corrected chi connectivity index (χ3v) is 10.6. The van der Waals surface area contributed by atoms with Crippen LogP contribution in [0, 0.1) is 19.8 Å². The van der Waals surface area contributed by atoms with Crippen molar-refractivity contribution in [2.45, 2.75) is 62.6 Å². The second kappa shape index (κ2) is 9.78. The number of sulfonamides is 1. The number of hydrogen-bond donors (Lipinski definition) is 1. The Hall–Kier alpha value is -3.62. The second-order valence-corrected chi connectivity index (χ2v) is 14.0. The zero-order chi connectivity index (χ0) is 28.2. The van der Waals surface area contributed by atoms with Gasteiger partial charge in [-0.15, -0.1) is 10.2 Å². The lowest BCUT2D eigenvalue weighted by Gasteiger charge is -2.16. The minimum Gasteiger partial charge on any atom is -0.361 e. The Morgan fingerprint density at radius 2 is 1.82 bits per heavy atom. The molecule has 5 aromatic rings. The van der Waals surface area contributed by atoms with E-state index < -0.39 is 20.0 Å². The monoisotopic (exact) mass is 583 g/mol. The molecular formula is C26H29N7O5S2. The summed E-state index contributed by atoms with van der Waals surface area (Å²) in [5.41, 5.74) is 2.64. The lowest BCUT2D eigenvalue weighted by atomic mass is 9.93. The summed E-state index contributed by atoms with van der Waals surface area (Å²) in [6, 6.07) is 9.68. The van der Waals surface area contributed by atoms with E-state index in [2.05, 4.69) is 32.0 Å². The average Bonchev–Trinajstić information content (AvgIpc) is 3.68. The third-order valence-electron chi connectivity index (χ3n) is 7.55. The number of aromatic nitrogens is 6. The first-order valence-electron chi connectivity index (χ1n) is 13.0. The number of aryl methyl sites for hydroxylation is 2. The Bertz CT molecular complexity index is 1920. The van der Waals surface area contributed by atoms with Crippen LogP contribution in [0.4, 0.5) is 0 Å². The van der Waals surface area contributed by atoms with Crippen molar-refractivity contribution in [2.75, 3.05) is 0 Å². The van der Waals surface area contributed by atoms with Gasteiger partial charge in [0, 0.05) is 24.2 Å². The Morgan fingerprint density at radius 1 is 1.05 bits per heavy atom. The maximum atomic E-state index is 13.4. The minimum absolute atomic E-state index is 0.0929. The van der Waals surface area contributed by atoms with Crippen molar-refractivity contribution in [2.24, 2.45) is 5.92 Å². The van der Waals surface area contributed by atoms with Gasteiger partial charge in [0.15, 0.2) is 11.3 Å². The smallest absolute Gasteiger partial charge is 0.269 e. The molecule has 0 aliphatic heterocycles. The molecule has 1 saturated carbocycles. The van der Waals surface area contributed by atoms with E-state index >= 15 is 0 Å². The normalized spacial score (nSPS) is 20.1. The molecular weight excluding hydrogens is 554 g/mol. The van der Waals surface area contributed by atoms with Crippen LogP contribution in [-0.2, 0) is 25.8 Å². The Labute approximate surface area is 231 Å². The highest BCUT2D eigenvalue weighted by atomic mass is 32.2. The molecule has 14 heteroatoms. The minimum atomic E-state index is -3.88. The van der Waals surface area contributed by atoms with E-state index in [-0.39, 0.29) is 34.2 Å². The molecule has 0 radical (unpaired) electrons. The second-order valence-electron chi connectivity index (χ2n) is 10.4. The topological polar surface area (TPSA) is 154 Å². The molecule has 1 aromatic carbocycles. The van der Waals surface area contributed by atoms with Crippen molar-refractivity contribution in [1.82, 2.24) is 33.4 Å². The zero-order valence-corrected chi connectivity index (χ0v) is 23.9. The molecule has 0 spiro atoms. The van der Waals surface area contributed by atoms with Gasteiger partial charge >= 0.3 is 0 Å². The highest BCUT2D eigenvalue weighted by Crippen LogP contribution is 2.42. The fourth-order valence-electron chi connectivity index (χ4n) is 5.67. The van der Waals surface area contributed by atoms with E-state index in [0.717, 1.165) is 12.0 Å². The first-order valence-corrected chi connectivity index (χ1v) is 16.1. The van der Waals surface area contributed by atoms with Crippen molar-refractivity contribution >= 4 is 36.9 Å². The summed E-state index contributed by atoms with van der Waals surface area (Å²) < 4.78 is 63.5. The van der Waals surface area contributed by atoms with Crippen molar-refractivity contribution in [3.8, 4) is 0 Å². The van der Waals surface area contributed by atoms with Gasteiger partial charge in [0.1, 0.15) is 23.0 Å². The Kier molecular flexibility index (Phi) is 6.50. The fourth-order valence-corrected chi connectivity index (χ4v) is 8.28. The molecule has 1 fully saturated rings. The lowest BCUT2D eigenvalue weighted by Crippen LogP contribution is -2.34. The van der Waals surface area contributed by atoms with Gasteiger partial charge in [0.05, 0.1) is 16.6 Å². The van der Waals surface area contributed by atoms with E-state index in [9.17, 15) is 16.8 Å². The SMILES string of the molecule is CC[C@@H]1C[C@H](NS(=O)(=O)Cc2cc(C)on2)C[C@@H]1c1nnc2cnc3c(ccn3S(=O)(=O)c3ccc(C)cc3)n12. The molecule has 1 N–H and O–H groups in total. The highest BCUT2D eigenvalue weighted by molar-refractivity contribution is 7.90. The Balaban J connectivity index is 1.33. The molecule has 4 aromatic heterocycles. The van der Waals surface area contributed by atoms with Crippen molar-refractivity contribution in [3.63, 3.8) is 0 Å². The quantitative estimate of drug-likeness (QED) is 0.290. The third kappa shape index (κ3) is 4.69. The van der Waals surface area contributed by atoms with E-state index in [1.54, 1.807) is 43.3 Å². The molecule has 3 atom stereocenters. The molecule has 0 bridgehead atoms. The molecule has 1 aliphatic carbocycles. The largest absolute Gasteiger partial charge is 0.361 e. The first kappa shape index (κ1) is 26.6. The van der Waals surface area contributed by atoms with Gasteiger partial charge in [-0.1, -0.05) is 36.2 Å². The van der Waals surface area contributed by atoms with Crippen molar-refractivity contribution in [3.05, 3.63) is 71.6 Å².